The van der Waals surface area contributed by atoms with Crippen molar-refractivity contribution in [2.75, 3.05) is 6.61 Å². The number of carbonyl (C=O) groups excluding carboxylic acids is 1. The van der Waals surface area contributed by atoms with Gasteiger partial charge < -0.3 is 9.47 Å². The smallest absolute Gasteiger partial charge is 0.338 e. The summed E-state index contributed by atoms with van der Waals surface area (Å²) < 4.78 is 26.9. The number of ether oxygens (including phenoxy) is 2. The molecule has 0 saturated carbocycles. The summed E-state index contributed by atoms with van der Waals surface area (Å²) in [5.41, 5.74) is 2.96. The van der Waals surface area contributed by atoms with Crippen LogP contribution < -0.4 is 19.6 Å². The van der Waals surface area contributed by atoms with Gasteiger partial charge in [-0.05, 0) is 61.7 Å². The van der Waals surface area contributed by atoms with Crippen LogP contribution in [0.2, 0.25) is 5.28 Å². The van der Waals surface area contributed by atoms with Gasteiger partial charge in [-0.15, -0.1) is 0 Å². The summed E-state index contributed by atoms with van der Waals surface area (Å²) in [6.07, 6.45) is 2.61. The maximum atomic E-state index is 14.0. The van der Waals surface area contributed by atoms with Gasteiger partial charge in [0, 0.05) is 0 Å². The van der Waals surface area contributed by atoms with Crippen molar-refractivity contribution in [3.63, 3.8) is 0 Å². The number of benzene rings is 2. The fourth-order valence-electron chi connectivity index (χ4n) is 4.19. The molecular formula is C28H22ClFN4O4S. The number of thiazole rings is 1. The van der Waals surface area contributed by atoms with Gasteiger partial charge in [0.05, 0.1) is 34.6 Å². The predicted molar refractivity (Wildman–Crippen MR) is 145 cm³/mol. The maximum absolute atomic E-state index is 14.0. The molecule has 2 aromatic carbocycles. The lowest BCUT2D eigenvalue weighted by molar-refractivity contribution is -0.139. The van der Waals surface area contributed by atoms with E-state index in [9.17, 15) is 14.0 Å². The lowest BCUT2D eigenvalue weighted by Gasteiger charge is -2.24. The minimum Gasteiger partial charge on any atom is -0.463 e. The summed E-state index contributed by atoms with van der Waals surface area (Å²) in [6, 6.07) is 13.7. The molecule has 0 amide bonds. The van der Waals surface area contributed by atoms with E-state index in [-0.39, 0.29) is 23.3 Å². The monoisotopic (exact) mass is 564 g/mol. The van der Waals surface area contributed by atoms with Gasteiger partial charge in [0.25, 0.3) is 11.4 Å². The topological polar surface area (TPSA) is 95.7 Å². The third kappa shape index (κ3) is 5.39. The predicted octanol–water partition coefficient (Wildman–Crippen LogP) is 4.48. The zero-order valence-corrected chi connectivity index (χ0v) is 22.7. The second kappa shape index (κ2) is 10.9. The average Bonchev–Trinajstić information content (AvgIpc) is 3.20. The van der Waals surface area contributed by atoms with Crippen molar-refractivity contribution in [3.8, 4) is 11.6 Å². The highest BCUT2D eigenvalue weighted by atomic mass is 35.5. The minimum atomic E-state index is -0.762. The van der Waals surface area contributed by atoms with E-state index in [0.717, 1.165) is 17.3 Å². The van der Waals surface area contributed by atoms with Crippen LogP contribution >= 0.6 is 22.9 Å². The van der Waals surface area contributed by atoms with E-state index in [0.29, 0.717) is 31.9 Å². The number of halogens is 2. The Kier molecular flexibility index (Phi) is 7.40. The molecule has 4 aromatic rings. The molecule has 5 rings (SSSR count). The molecular weight excluding hydrogens is 543 g/mol. The van der Waals surface area contributed by atoms with Crippen molar-refractivity contribution >= 4 is 35.0 Å². The number of aromatic nitrogens is 3. The highest BCUT2D eigenvalue weighted by Gasteiger charge is 2.33. The largest absolute Gasteiger partial charge is 0.463 e. The highest BCUT2D eigenvalue weighted by molar-refractivity contribution is 7.07. The first kappa shape index (κ1) is 26.5. The molecule has 1 aliphatic rings. The van der Waals surface area contributed by atoms with Crippen LogP contribution in [0.5, 0.6) is 11.6 Å². The van der Waals surface area contributed by atoms with Crippen LogP contribution in [0.25, 0.3) is 6.08 Å². The SMILES string of the molecule is CCOC(=O)C1=C(C)N=c2s/c(=C\c3cccc(Oc4nc(Cl)ncc4F)c3)c(=O)n2[C@@H]1c1ccc(C)cc1. The van der Waals surface area contributed by atoms with Crippen LogP contribution in [-0.2, 0) is 9.53 Å². The van der Waals surface area contributed by atoms with E-state index in [1.54, 1.807) is 44.2 Å². The summed E-state index contributed by atoms with van der Waals surface area (Å²) in [5.74, 6) is -1.29. The van der Waals surface area contributed by atoms with Crippen LogP contribution in [-0.4, -0.2) is 27.1 Å². The minimum absolute atomic E-state index is 0.149. The van der Waals surface area contributed by atoms with Gasteiger partial charge in [-0.25, -0.2) is 14.8 Å². The first-order chi connectivity index (χ1) is 18.7. The molecule has 2 aromatic heterocycles. The van der Waals surface area contributed by atoms with Crippen LogP contribution in [0.1, 0.15) is 36.6 Å². The molecule has 0 unspecified atom stereocenters. The van der Waals surface area contributed by atoms with Gasteiger partial charge in [0.15, 0.2) is 4.80 Å². The Morgan fingerprint density at radius 2 is 1.97 bits per heavy atom. The summed E-state index contributed by atoms with van der Waals surface area (Å²) >= 11 is 6.96. The molecule has 0 saturated heterocycles. The van der Waals surface area contributed by atoms with Gasteiger partial charge >= 0.3 is 5.97 Å². The van der Waals surface area contributed by atoms with E-state index in [1.165, 1.54) is 15.9 Å². The number of fused-ring (bicyclic) bond motifs is 1. The van der Waals surface area contributed by atoms with E-state index in [1.807, 2.05) is 31.2 Å². The third-order valence-electron chi connectivity index (χ3n) is 5.96. The fraction of sp³-hybridized carbons (Fsp3) is 0.179. The molecule has 11 heteroatoms. The van der Waals surface area contributed by atoms with Crippen molar-refractivity contribution < 1.29 is 18.7 Å². The lowest BCUT2D eigenvalue weighted by atomic mass is 9.95. The molecule has 39 heavy (non-hydrogen) atoms. The number of allylic oxidation sites excluding steroid dienone is 1. The van der Waals surface area contributed by atoms with Crippen LogP contribution in [0.4, 0.5) is 4.39 Å². The maximum Gasteiger partial charge on any atom is 0.338 e. The Hall–Kier alpha value is -4.15. The van der Waals surface area contributed by atoms with Crippen molar-refractivity contribution in [1.29, 1.82) is 0 Å². The number of hydrogen-bond acceptors (Lipinski definition) is 8. The van der Waals surface area contributed by atoms with E-state index >= 15 is 0 Å². The number of rotatable bonds is 6. The normalized spacial score (nSPS) is 15.1. The Morgan fingerprint density at radius 1 is 1.21 bits per heavy atom. The quantitative estimate of drug-likeness (QED) is 0.253. The molecule has 1 atom stereocenters. The van der Waals surface area contributed by atoms with Crippen molar-refractivity contribution in [1.82, 2.24) is 14.5 Å². The summed E-state index contributed by atoms with van der Waals surface area (Å²) in [4.78, 5) is 39.1. The molecule has 0 aliphatic carbocycles. The van der Waals surface area contributed by atoms with Crippen molar-refractivity contribution in [3.05, 3.63) is 113 Å². The Bertz CT molecular complexity index is 1800. The first-order valence-corrected chi connectivity index (χ1v) is 13.2. The zero-order chi connectivity index (χ0) is 27.7. The number of carbonyl (C=O) groups is 1. The Labute approximate surface area is 231 Å². The van der Waals surface area contributed by atoms with Gasteiger partial charge in [0.2, 0.25) is 11.1 Å². The number of esters is 1. The summed E-state index contributed by atoms with van der Waals surface area (Å²) in [6.45, 7) is 5.64. The standard InChI is InChI=1S/C28H22ClFN4O4S/c1-4-37-26(36)22-16(3)32-28-34(23(22)18-10-8-15(2)9-11-18)25(35)21(39-28)13-17-6-5-7-19(12-17)38-24-20(30)14-31-27(29)33-24/h5-14,23H,4H2,1-3H3/b21-13-/t23-/m1/s1. The molecule has 8 nitrogen and oxygen atoms in total. The molecule has 1 aliphatic heterocycles. The highest BCUT2D eigenvalue weighted by Crippen LogP contribution is 2.31. The van der Waals surface area contributed by atoms with Crippen molar-refractivity contribution in [2.45, 2.75) is 26.8 Å². The zero-order valence-electron chi connectivity index (χ0n) is 21.1. The molecule has 0 spiro atoms. The van der Waals surface area contributed by atoms with Gasteiger partial charge in [0.1, 0.15) is 5.75 Å². The molecule has 0 fully saturated rings. The molecule has 0 bridgehead atoms. The number of nitrogens with zero attached hydrogens (tertiary/aromatic N) is 4. The summed E-state index contributed by atoms with van der Waals surface area (Å²) in [5, 5.41) is -0.149. The van der Waals surface area contributed by atoms with E-state index in [2.05, 4.69) is 15.0 Å². The van der Waals surface area contributed by atoms with Crippen LogP contribution in [0, 0.1) is 12.7 Å². The van der Waals surface area contributed by atoms with E-state index < -0.39 is 17.8 Å². The van der Waals surface area contributed by atoms with Crippen molar-refractivity contribution in [2.24, 2.45) is 4.99 Å². The average molecular weight is 565 g/mol. The Morgan fingerprint density at radius 3 is 2.72 bits per heavy atom. The van der Waals surface area contributed by atoms with E-state index in [4.69, 9.17) is 21.1 Å². The molecule has 198 valence electrons. The number of hydrogen-bond donors (Lipinski definition) is 0. The van der Waals surface area contributed by atoms with Crippen LogP contribution in [0.3, 0.4) is 0 Å². The third-order valence-corrected chi connectivity index (χ3v) is 7.13. The fourth-order valence-corrected chi connectivity index (χ4v) is 5.36. The Balaban J connectivity index is 1.60. The summed E-state index contributed by atoms with van der Waals surface area (Å²) in [7, 11) is 0. The number of aryl methyl sites for hydroxylation is 1. The molecule has 0 radical (unpaired) electrons. The van der Waals surface area contributed by atoms with Crippen LogP contribution in [0.15, 0.2) is 75.8 Å². The lowest BCUT2D eigenvalue weighted by Crippen LogP contribution is -2.39. The second-order valence-electron chi connectivity index (χ2n) is 8.68. The first-order valence-electron chi connectivity index (χ1n) is 12.0. The second-order valence-corrected chi connectivity index (χ2v) is 10.0. The van der Waals surface area contributed by atoms with Gasteiger partial charge in [-0.2, -0.15) is 9.37 Å². The van der Waals surface area contributed by atoms with Gasteiger partial charge in [-0.1, -0.05) is 53.3 Å². The van der Waals surface area contributed by atoms with Gasteiger partial charge in [-0.3, -0.25) is 9.36 Å². The molecule has 3 heterocycles. The molecule has 0 N–H and O–H groups in total.